The van der Waals surface area contributed by atoms with Crippen molar-refractivity contribution in [2.24, 2.45) is 0 Å². The average molecular weight is 243 g/mol. The van der Waals surface area contributed by atoms with E-state index in [0.29, 0.717) is 10.8 Å². The van der Waals surface area contributed by atoms with Crippen molar-refractivity contribution < 1.29 is 14.7 Å². The summed E-state index contributed by atoms with van der Waals surface area (Å²) in [6, 6.07) is 3.17. The van der Waals surface area contributed by atoms with E-state index < -0.39 is 5.97 Å². The topological polar surface area (TPSA) is 70.5 Å². The quantitative estimate of drug-likeness (QED) is 0.870. The van der Waals surface area contributed by atoms with E-state index in [1.807, 2.05) is 0 Å². The largest absolute Gasteiger partial charge is 0.481 e. The first kappa shape index (κ1) is 12.4. The Kier molecular flexibility index (Phi) is 4.25. The fourth-order valence-electron chi connectivity index (χ4n) is 1.17. The molecule has 6 heteroatoms. The molecule has 1 rings (SSSR count). The Morgan fingerprint density at radius 2 is 2.19 bits per heavy atom. The van der Waals surface area contributed by atoms with E-state index >= 15 is 0 Å². The highest BCUT2D eigenvalue weighted by Crippen LogP contribution is 2.14. The van der Waals surface area contributed by atoms with Crippen molar-refractivity contribution in [3.63, 3.8) is 0 Å². The third-order valence-electron chi connectivity index (χ3n) is 1.92. The number of carboxylic acid groups (broad SMARTS) is 1. The van der Waals surface area contributed by atoms with Gasteiger partial charge >= 0.3 is 5.97 Å². The summed E-state index contributed by atoms with van der Waals surface area (Å²) in [6.07, 6.45) is 1.29. The van der Waals surface area contributed by atoms with Gasteiger partial charge in [0.15, 0.2) is 0 Å². The van der Waals surface area contributed by atoms with E-state index in [2.05, 4.69) is 4.98 Å². The predicted octanol–water partition coefficient (Wildman–Crippen LogP) is 1.56. The summed E-state index contributed by atoms with van der Waals surface area (Å²) in [7, 11) is 0. The lowest BCUT2D eigenvalue weighted by Crippen LogP contribution is -2.31. The van der Waals surface area contributed by atoms with Crippen LogP contribution in [0, 0.1) is 0 Å². The lowest BCUT2D eigenvalue weighted by Gasteiger charge is -2.18. The third-order valence-corrected chi connectivity index (χ3v) is 2.14. The second-order valence-electron chi connectivity index (χ2n) is 3.15. The van der Waals surface area contributed by atoms with E-state index in [0.717, 1.165) is 0 Å². The van der Waals surface area contributed by atoms with Crippen molar-refractivity contribution in [1.82, 2.24) is 4.98 Å². The van der Waals surface area contributed by atoms with Gasteiger partial charge in [-0.05, 0) is 12.1 Å². The van der Waals surface area contributed by atoms with Gasteiger partial charge in [-0.15, -0.1) is 0 Å². The lowest BCUT2D eigenvalue weighted by atomic mass is 10.3. The van der Waals surface area contributed by atoms with Crippen LogP contribution >= 0.6 is 11.6 Å². The average Bonchev–Trinajstić information content (AvgIpc) is 2.20. The van der Waals surface area contributed by atoms with Crippen molar-refractivity contribution in [2.75, 3.05) is 11.4 Å². The normalized spacial score (nSPS) is 9.88. The van der Waals surface area contributed by atoms with Crippen LogP contribution in [0.3, 0.4) is 0 Å². The number of hydrogen-bond acceptors (Lipinski definition) is 3. The highest BCUT2D eigenvalue weighted by molar-refractivity contribution is 6.30. The SMILES string of the molecule is CC(=O)N(CCC(=O)O)c1ccc(Cl)cn1. The monoisotopic (exact) mass is 242 g/mol. The molecule has 0 aromatic carbocycles. The highest BCUT2D eigenvalue weighted by Gasteiger charge is 2.13. The number of amides is 1. The molecule has 0 fully saturated rings. The molecular formula is C10H11ClN2O3. The standard InChI is InChI=1S/C10H11ClN2O3/c1-7(14)13(5-4-10(15)16)9-3-2-8(11)6-12-9/h2-3,6H,4-5H2,1H3,(H,15,16). The maximum atomic E-state index is 11.3. The Hall–Kier alpha value is -1.62. The molecule has 0 radical (unpaired) electrons. The molecule has 0 aliphatic rings. The lowest BCUT2D eigenvalue weighted by molar-refractivity contribution is -0.136. The zero-order chi connectivity index (χ0) is 12.1. The number of aromatic nitrogens is 1. The van der Waals surface area contributed by atoms with Gasteiger partial charge in [-0.3, -0.25) is 14.5 Å². The minimum absolute atomic E-state index is 0.0965. The molecule has 1 N–H and O–H groups in total. The van der Waals surface area contributed by atoms with Gasteiger partial charge in [0.05, 0.1) is 11.4 Å². The van der Waals surface area contributed by atoms with Crippen LogP contribution < -0.4 is 4.90 Å². The molecule has 0 saturated carbocycles. The number of halogens is 1. The van der Waals surface area contributed by atoms with Crippen LogP contribution in [0.5, 0.6) is 0 Å². The van der Waals surface area contributed by atoms with Crippen LogP contribution in [0.15, 0.2) is 18.3 Å². The smallest absolute Gasteiger partial charge is 0.305 e. The predicted molar refractivity (Wildman–Crippen MR) is 59.5 cm³/mol. The Balaban J connectivity index is 2.81. The number of carbonyl (C=O) groups excluding carboxylic acids is 1. The molecule has 0 saturated heterocycles. The van der Waals surface area contributed by atoms with E-state index in [1.165, 1.54) is 18.0 Å². The summed E-state index contributed by atoms with van der Waals surface area (Å²) in [5.41, 5.74) is 0. The number of carboxylic acids is 1. The minimum Gasteiger partial charge on any atom is -0.481 e. The first-order chi connectivity index (χ1) is 7.50. The number of nitrogens with zero attached hydrogens (tertiary/aromatic N) is 2. The van der Waals surface area contributed by atoms with Crippen LogP contribution in [-0.2, 0) is 9.59 Å². The number of aliphatic carboxylic acids is 1. The van der Waals surface area contributed by atoms with Crippen LogP contribution in [0.25, 0.3) is 0 Å². The summed E-state index contributed by atoms with van der Waals surface area (Å²) in [5.74, 6) is -0.811. The second kappa shape index (κ2) is 5.46. The van der Waals surface area contributed by atoms with Gasteiger partial charge in [0, 0.05) is 19.7 Å². The molecule has 16 heavy (non-hydrogen) atoms. The maximum Gasteiger partial charge on any atom is 0.305 e. The molecule has 1 aromatic rings. The fraction of sp³-hybridized carbons (Fsp3) is 0.300. The van der Waals surface area contributed by atoms with Gasteiger partial charge < -0.3 is 5.11 Å². The van der Waals surface area contributed by atoms with Gasteiger partial charge in [0.25, 0.3) is 0 Å². The van der Waals surface area contributed by atoms with Gasteiger partial charge in [-0.1, -0.05) is 11.6 Å². The van der Waals surface area contributed by atoms with Crippen molar-refractivity contribution in [3.8, 4) is 0 Å². The number of carbonyl (C=O) groups is 2. The molecule has 5 nitrogen and oxygen atoms in total. The molecule has 86 valence electrons. The molecular weight excluding hydrogens is 232 g/mol. The van der Waals surface area contributed by atoms with Crippen molar-refractivity contribution >= 4 is 29.3 Å². The molecule has 0 spiro atoms. The van der Waals surface area contributed by atoms with Gasteiger partial charge in [-0.2, -0.15) is 0 Å². The molecule has 0 aliphatic heterocycles. The number of pyridine rings is 1. The van der Waals surface area contributed by atoms with Gasteiger partial charge in [0.2, 0.25) is 5.91 Å². The Bertz CT molecular complexity index is 392. The molecule has 0 atom stereocenters. The number of anilines is 1. The third kappa shape index (κ3) is 3.51. The van der Waals surface area contributed by atoms with E-state index in [1.54, 1.807) is 12.1 Å². The van der Waals surface area contributed by atoms with Crippen molar-refractivity contribution in [3.05, 3.63) is 23.4 Å². The summed E-state index contributed by atoms with van der Waals surface area (Å²) in [6.45, 7) is 1.46. The van der Waals surface area contributed by atoms with Crippen molar-refractivity contribution in [1.29, 1.82) is 0 Å². The van der Waals surface area contributed by atoms with Gasteiger partial charge in [-0.25, -0.2) is 4.98 Å². The van der Waals surface area contributed by atoms with Crippen LogP contribution in [0.1, 0.15) is 13.3 Å². The summed E-state index contributed by atoms with van der Waals surface area (Å²) >= 11 is 5.66. The van der Waals surface area contributed by atoms with E-state index in [4.69, 9.17) is 16.7 Å². The zero-order valence-corrected chi connectivity index (χ0v) is 9.44. The summed E-state index contributed by atoms with van der Waals surface area (Å²) < 4.78 is 0. The Morgan fingerprint density at radius 1 is 1.50 bits per heavy atom. The van der Waals surface area contributed by atoms with Gasteiger partial charge in [0.1, 0.15) is 5.82 Å². The number of rotatable bonds is 4. The first-order valence-corrected chi connectivity index (χ1v) is 5.00. The van der Waals surface area contributed by atoms with Crippen LogP contribution in [-0.4, -0.2) is 28.5 Å². The molecule has 0 unspecified atom stereocenters. The molecule has 1 amide bonds. The Labute approximate surface area is 97.7 Å². The maximum absolute atomic E-state index is 11.3. The summed E-state index contributed by atoms with van der Waals surface area (Å²) in [4.78, 5) is 27.0. The minimum atomic E-state index is -0.958. The molecule has 0 bridgehead atoms. The fourth-order valence-corrected chi connectivity index (χ4v) is 1.28. The van der Waals surface area contributed by atoms with E-state index in [9.17, 15) is 9.59 Å². The molecule has 1 heterocycles. The molecule has 1 aromatic heterocycles. The second-order valence-corrected chi connectivity index (χ2v) is 3.59. The molecule has 0 aliphatic carbocycles. The Morgan fingerprint density at radius 3 is 2.62 bits per heavy atom. The number of hydrogen-bond donors (Lipinski definition) is 1. The van der Waals surface area contributed by atoms with Crippen LogP contribution in [0.2, 0.25) is 5.02 Å². The van der Waals surface area contributed by atoms with Crippen molar-refractivity contribution in [2.45, 2.75) is 13.3 Å². The summed E-state index contributed by atoms with van der Waals surface area (Å²) in [5, 5.41) is 9.02. The van der Waals surface area contributed by atoms with E-state index in [-0.39, 0.29) is 18.9 Å². The van der Waals surface area contributed by atoms with Crippen LogP contribution in [0.4, 0.5) is 5.82 Å². The zero-order valence-electron chi connectivity index (χ0n) is 8.68. The highest BCUT2D eigenvalue weighted by atomic mass is 35.5. The first-order valence-electron chi connectivity index (χ1n) is 4.62.